The molecule has 1 aromatic rings. The van der Waals surface area contributed by atoms with Crippen LogP contribution in [0, 0.1) is 10.1 Å². The molecule has 0 spiro atoms. The Morgan fingerprint density at radius 2 is 2.00 bits per heavy atom. The van der Waals surface area contributed by atoms with E-state index in [0.717, 1.165) is 18.6 Å². The first kappa shape index (κ1) is 14.4. The maximum atomic E-state index is 10.7. The Hall–Kier alpha value is -1.66. The quantitative estimate of drug-likeness (QED) is 0.332. The molecule has 6 nitrogen and oxygen atoms in total. The lowest BCUT2D eigenvalue weighted by atomic mass is 10.2. The summed E-state index contributed by atoms with van der Waals surface area (Å²) in [5, 5.41) is 10.7. The highest BCUT2D eigenvalue weighted by molar-refractivity contribution is 5.59. The molecule has 2 N–H and O–H groups in total. The number of benzene rings is 1. The first-order chi connectivity index (χ1) is 8.65. The molecule has 0 fully saturated rings. The van der Waals surface area contributed by atoms with Crippen LogP contribution in [0.5, 0.6) is 0 Å². The highest BCUT2D eigenvalue weighted by Crippen LogP contribution is 2.22. The third kappa shape index (κ3) is 4.68. The zero-order chi connectivity index (χ0) is 13.4. The van der Waals surface area contributed by atoms with E-state index in [4.69, 9.17) is 15.2 Å². The van der Waals surface area contributed by atoms with E-state index >= 15 is 0 Å². The van der Waals surface area contributed by atoms with Crippen LogP contribution in [-0.4, -0.2) is 24.7 Å². The van der Waals surface area contributed by atoms with Crippen LogP contribution < -0.4 is 5.73 Å². The molecule has 0 aromatic heterocycles. The molecule has 0 aliphatic heterocycles. The molecule has 0 aliphatic carbocycles. The molecule has 18 heavy (non-hydrogen) atoms. The van der Waals surface area contributed by atoms with E-state index in [1.165, 1.54) is 12.1 Å². The van der Waals surface area contributed by atoms with Crippen LogP contribution in [0.15, 0.2) is 18.2 Å². The Balaban J connectivity index is 2.38. The summed E-state index contributed by atoms with van der Waals surface area (Å²) in [4.78, 5) is 10.2. The molecule has 100 valence electrons. The van der Waals surface area contributed by atoms with E-state index in [2.05, 4.69) is 0 Å². The van der Waals surface area contributed by atoms with Crippen LogP contribution >= 0.6 is 0 Å². The number of ether oxygens (including phenoxy) is 2. The van der Waals surface area contributed by atoms with Gasteiger partial charge in [-0.1, -0.05) is 13.0 Å². The minimum Gasteiger partial charge on any atom is -0.393 e. The first-order valence-electron chi connectivity index (χ1n) is 5.83. The van der Waals surface area contributed by atoms with Gasteiger partial charge in [-0.3, -0.25) is 10.1 Å². The minimum atomic E-state index is -0.497. The number of rotatable bonds is 8. The number of nitro groups is 1. The van der Waals surface area contributed by atoms with Gasteiger partial charge in [0.05, 0.1) is 24.7 Å². The van der Waals surface area contributed by atoms with Gasteiger partial charge in [0, 0.05) is 12.7 Å². The maximum absolute atomic E-state index is 10.7. The highest BCUT2D eigenvalue weighted by atomic mass is 16.6. The summed E-state index contributed by atoms with van der Waals surface area (Å²) in [6.07, 6.45) is 0.976. The van der Waals surface area contributed by atoms with E-state index in [0.29, 0.717) is 19.8 Å². The van der Waals surface area contributed by atoms with Crippen molar-refractivity contribution in [2.75, 3.05) is 25.6 Å². The fourth-order valence-electron chi connectivity index (χ4n) is 1.39. The number of nitrogens with two attached hydrogens (primary N) is 1. The van der Waals surface area contributed by atoms with Crippen molar-refractivity contribution in [3.05, 3.63) is 33.9 Å². The number of anilines is 1. The molecular formula is C12H18N2O4. The van der Waals surface area contributed by atoms with E-state index < -0.39 is 4.92 Å². The smallest absolute Gasteiger partial charge is 0.292 e. The Labute approximate surface area is 106 Å². The van der Waals surface area contributed by atoms with Crippen LogP contribution in [-0.2, 0) is 16.1 Å². The Kier molecular flexibility index (Phi) is 6.10. The lowest BCUT2D eigenvalue weighted by Gasteiger charge is -2.06. The summed E-state index contributed by atoms with van der Waals surface area (Å²) >= 11 is 0. The van der Waals surface area contributed by atoms with Crippen LogP contribution in [0.1, 0.15) is 18.9 Å². The summed E-state index contributed by atoms with van der Waals surface area (Å²) in [5.41, 5.74) is 6.30. The van der Waals surface area contributed by atoms with Gasteiger partial charge in [-0.15, -0.1) is 0 Å². The predicted octanol–water partition coefficient (Wildman–Crippen LogP) is 2.12. The van der Waals surface area contributed by atoms with Gasteiger partial charge in [-0.2, -0.15) is 0 Å². The lowest BCUT2D eigenvalue weighted by molar-refractivity contribution is -0.384. The van der Waals surface area contributed by atoms with E-state index in [1.807, 2.05) is 6.92 Å². The van der Waals surface area contributed by atoms with Gasteiger partial charge in [0.2, 0.25) is 0 Å². The van der Waals surface area contributed by atoms with Crippen molar-refractivity contribution in [2.24, 2.45) is 0 Å². The molecular weight excluding hydrogens is 236 g/mol. The van der Waals surface area contributed by atoms with Gasteiger partial charge in [-0.05, 0) is 18.1 Å². The molecule has 0 amide bonds. The molecule has 0 saturated carbocycles. The van der Waals surface area contributed by atoms with Crippen molar-refractivity contribution >= 4 is 11.4 Å². The highest BCUT2D eigenvalue weighted by Gasteiger charge is 2.11. The molecule has 1 rings (SSSR count). The molecule has 0 radical (unpaired) electrons. The Bertz CT molecular complexity index is 396. The second-order valence-corrected chi connectivity index (χ2v) is 3.82. The van der Waals surface area contributed by atoms with Gasteiger partial charge >= 0.3 is 0 Å². The van der Waals surface area contributed by atoms with Crippen molar-refractivity contribution in [3.63, 3.8) is 0 Å². The van der Waals surface area contributed by atoms with Gasteiger partial charge in [-0.25, -0.2) is 0 Å². The molecule has 0 saturated heterocycles. The largest absolute Gasteiger partial charge is 0.393 e. The van der Waals surface area contributed by atoms with Crippen molar-refractivity contribution in [1.29, 1.82) is 0 Å². The molecule has 0 unspecified atom stereocenters. The monoisotopic (exact) mass is 254 g/mol. The van der Waals surface area contributed by atoms with Gasteiger partial charge < -0.3 is 15.2 Å². The average Bonchev–Trinajstić information content (AvgIpc) is 2.35. The molecule has 0 heterocycles. The zero-order valence-corrected chi connectivity index (χ0v) is 10.4. The zero-order valence-electron chi connectivity index (χ0n) is 10.4. The van der Waals surface area contributed by atoms with Crippen LogP contribution in [0.3, 0.4) is 0 Å². The Morgan fingerprint density at radius 1 is 1.28 bits per heavy atom. The number of nitro benzene ring substituents is 1. The second kappa shape index (κ2) is 7.62. The van der Waals surface area contributed by atoms with Crippen molar-refractivity contribution in [2.45, 2.75) is 20.0 Å². The third-order valence-electron chi connectivity index (χ3n) is 2.28. The SMILES string of the molecule is CCCOCCOCc1ccc(N)c([N+](=O)[O-])c1. The third-order valence-corrected chi connectivity index (χ3v) is 2.28. The fraction of sp³-hybridized carbons (Fsp3) is 0.500. The van der Waals surface area contributed by atoms with Gasteiger partial charge in [0.15, 0.2) is 0 Å². The van der Waals surface area contributed by atoms with Crippen molar-refractivity contribution in [1.82, 2.24) is 0 Å². The summed E-state index contributed by atoms with van der Waals surface area (Å²) in [5.74, 6) is 0. The first-order valence-corrected chi connectivity index (χ1v) is 5.83. The molecule has 0 bridgehead atoms. The summed E-state index contributed by atoms with van der Waals surface area (Å²) in [7, 11) is 0. The average molecular weight is 254 g/mol. The summed E-state index contributed by atoms with van der Waals surface area (Å²) in [6.45, 7) is 4.07. The maximum Gasteiger partial charge on any atom is 0.292 e. The number of hydrogen-bond acceptors (Lipinski definition) is 5. The van der Waals surface area contributed by atoms with Crippen LogP contribution in [0.4, 0.5) is 11.4 Å². The van der Waals surface area contributed by atoms with Crippen LogP contribution in [0.25, 0.3) is 0 Å². The topological polar surface area (TPSA) is 87.6 Å². The standard InChI is InChI=1S/C12H18N2O4/c1-2-5-17-6-7-18-9-10-3-4-11(13)12(8-10)14(15)16/h3-4,8H,2,5-7,9,13H2,1H3. The van der Waals surface area contributed by atoms with Crippen LogP contribution in [0.2, 0.25) is 0 Å². The minimum absolute atomic E-state index is 0.0849. The van der Waals surface area contributed by atoms with Gasteiger partial charge in [0.1, 0.15) is 5.69 Å². The molecule has 6 heteroatoms. The molecule has 0 atom stereocenters. The lowest BCUT2D eigenvalue weighted by Crippen LogP contribution is -2.05. The van der Waals surface area contributed by atoms with E-state index in [-0.39, 0.29) is 11.4 Å². The summed E-state index contributed by atoms with van der Waals surface area (Å²) < 4.78 is 10.6. The number of hydrogen-bond donors (Lipinski definition) is 1. The van der Waals surface area contributed by atoms with Crippen molar-refractivity contribution in [3.8, 4) is 0 Å². The molecule has 1 aromatic carbocycles. The number of nitrogens with zero attached hydrogens (tertiary/aromatic N) is 1. The van der Waals surface area contributed by atoms with E-state index in [9.17, 15) is 10.1 Å². The summed E-state index contributed by atoms with van der Waals surface area (Å²) in [6, 6.07) is 4.67. The predicted molar refractivity (Wildman–Crippen MR) is 68.3 cm³/mol. The van der Waals surface area contributed by atoms with Crippen molar-refractivity contribution < 1.29 is 14.4 Å². The van der Waals surface area contributed by atoms with Gasteiger partial charge in [0.25, 0.3) is 5.69 Å². The Morgan fingerprint density at radius 3 is 2.67 bits per heavy atom. The fourth-order valence-corrected chi connectivity index (χ4v) is 1.39. The number of nitrogen functional groups attached to an aromatic ring is 1. The second-order valence-electron chi connectivity index (χ2n) is 3.82. The molecule has 0 aliphatic rings. The van der Waals surface area contributed by atoms with E-state index in [1.54, 1.807) is 6.07 Å². The normalized spacial score (nSPS) is 10.5.